The molecule has 0 spiro atoms. The van der Waals surface area contributed by atoms with E-state index >= 15 is 0 Å². The van der Waals surface area contributed by atoms with Crippen molar-refractivity contribution < 1.29 is 4.42 Å². The van der Waals surface area contributed by atoms with Crippen LogP contribution in [-0.2, 0) is 0 Å². The Morgan fingerprint density at radius 3 is 2.91 bits per heavy atom. The molecule has 0 amide bonds. The summed E-state index contributed by atoms with van der Waals surface area (Å²) >= 11 is 0. The van der Waals surface area contributed by atoms with Gasteiger partial charge in [0.2, 0.25) is 0 Å². The largest absolute Gasteiger partial charge is 0.469 e. The smallest absolute Gasteiger partial charge is 0.110 e. The van der Waals surface area contributed by atoms with Crippen LogP contribution in [0.3, 0.4) is 0 Å². The summed E-state index contributed by atoms with van der Waals surface area (Å²) in [4.78, 5) is 0. The molecule has 3 heteroatoms. The van der Waals surface area contributed by atoms with Crippen molar-refractivity contribution in [1.82, 2.24) is 5.43 Å². The zero-order valence-corrected chi connectivity index (χ0v) is 6.29. The van der Waals surface area contributed by atoms with Gasteiger partial charge in [-0.25, -0.2) is 5.43 Å². The van der Waals surface area contributed by atoms with E-state index in [1.54, 1.807) is 6.26 Å². The number of furan rings is 1. The van der Waals surface area contributed by atoms with Gasteiger partial charge in [-0.15, -0.1) is 6.42 Å². The molecular weight excluding hydrogens is 140 g/mol. The highest BCUT2D eigenvalue weighted by atomic mass is 16.3. The molecule has 0 bridgehead atoms. The highest BCUT2D eigenvalue weighted by molar-refractivity contribution is 5.23. The highest BCUT2D eigenvalue weighted by Gasteiger charge is 2.07. The van der Waals surface area contributed by atoms with E-state index in [4.69, 9.17) is 16.7 Å². The summed E-state index contributed by atoms with van der Waals surface area (Å²) in [5, 5.41) is 0. The quantitative estimate of drug-likeness (QED) is 0.371. The van der Waals surface area contributed by atoms with Crippen molar-refractivity contribution in [2.45, 2.75) is 13.0 Å². The minimum atomic E-state index is -0.257. The van der Waals surface area contributed by atoms with Crippen molar-refractivity contribution in [2.24, 2.45) is 5.84 Å². The third kappa shape index (κ3) is 1.61. The Morgan fingerprint density at radius 1 is 1.82 bits per heavy atom. The van der Waals surface area contributed by atoms with Gasteiger partial charge in [-0.2, -0.15) is 0 Å². The van der Waals surface area contributed by atoms with Crippen LogP contribution < -0.4 is 11.3 Å². The highest BCUT2D eigenvalue weighted by Crippen LogP contribution is 2.13. The fourth-order valence-electron chi connectivity index (χ4n) is 0.856. The Labute approximate surface area is 65.5 Å². The average Bonchev–Trinajstić information content (AvgIpc) is 2.39. The van der Waals surface area contributed by atoms with Crippen LogP contribution in [0.15, 0.2) is 16.7 Å². The molecule has 1 aromatic heterocycles. The van der Waals surface area contributed by atoms with Gasteiger partial charge in [-0.3, -0.25) is 5.84 Å². The molecule has 0 aromatic carbocycles. The van der Waals surface area contributed by atoms with E-state index in [1.165, 1.54) is 0 Å². The molecule has 3 N–H and O–H groups in total. The molecule has 1 unspecified atom stereocenters. The van der Waals surface area contributed by atoms with Crippen LogP contribution in [-0.4, -0.2) is 0 Å². The van der Waals surface area contributed by atoms with Crippen LogP contribution in [0.4, 0.5) is 0 Å². The van der Waals surface area contributed by atoms with Gasteiger partial charge >= 0.3 is 0 Å². The van der Waals surface area contributed by atoms with Gasteiger partial charge in [0.25, 0.3) is 0 Å². The number of aryl methyl sites for hydroxylation is 1. The SMILES string of the molecule is C#CC(NN)c1coc(C)c1. The molecule has 11 heavy (non-hydrogen) atoms. The van der Waals surface area contributed by atoms with E-state index in [9.17, 15) is 0 Å². The molecule has 1 heterocycles. The van der Waals surface area contributed by atoms with Gasteiger partial charge < -0.3 is 4.42 Å². The van der Waals surface area contributed by atoms with Gasteiger partial charge in [0, 0.05) is 5.56 Å². The van der Waals surface area contributed by atoms with E-state index in [1.807, 2.05) is 13.0 Å². The summed E-state index contributed by atoms with van der Waals surface area (Å²) in [5.41, 5.74) is 3.37. The molecule has 0 aliphatic carbocycles. The number of nitrogens with two attached hydrogens (primary N) is 1. The molecule has 0 fully saturated rings. The maximum atomic E-state index is 5.19. The second kappa shape index (κ2) is 3.24. The summed E-state index contributed by atoms with van der Waals surface area (Å²) in [6.45, 7) is 1.85. The van der Waals surface area contributed by atoms with Crippen molar-refractivity contribution in [1.29, 1.82) is 0 Å². The van der Waals surface area contributed by atoms with Gasteiger partial charge in [0.15, 0.2) is 0 Å². The first kappa shape index (κ1) is 7.86. The number of hydrazine groups is 1. The monoisotopic (exact) mass is 150 g/mol. The Morgan fingerprint density at radius 2 is 2.55 bits per heavy atom. The van der Waals surface area contributed by atoms with Crippen LogP contribution in [0.2, 0.25) is 0 Å². The summed E-state index contributed by atoms with van der Waals surface area (Å²) < 4.78 is 5.06. The fourth-order valence-corrected chi connectivity index (χ4v) is 0.856. The Kier molecular flexibility index (Phi) is 2.32. The van der Waals surface area contributed by atoms with Gasteiger partial charge in [-0.05, 0) is 13.0 Å². The van der Waals surface area contributed by atoms with Crippen molar-refractivity contribution in [3.63, 3.8) is 0 Å². The van der Waals surface area contributed by atoms with Crippen molar-refractivity contribution in [3.05, 3.63) is 23.7 Å². The summed E-state index contributed by atoms with van der Waals surface area (Å²) in [7, 11) is 0. The first-order valence-corrected chi connectivity index (χ1v) is 3.25. The molecule has 58 valence electrons. The van der Waals surface area contributed by atoms with Crippen LogP contribution >= 0.6 is 0 Å². The van der Waals surface area contributed by atoms with E-state index in [0.717, 1.165) is 11.3 Å². The molecular formula is C8H10N2O. The first-order chi connectivity index (χ1) is 5.27. The Balaban J connectivity index is 2.84. The van der Waals surface area contributed by atoms with E-state index in [0.29, 0.717) is 0 Å². The first-order valence-electron chi connectivity index (χ1n) is 3.25. The molecule has 3 nitrogen and oxygen atoms in total. The van der Waals surface area contributed by atoms with Crippen LogP contribution in [0.5, 0.6) is 0 Å². The van der Waals surface area contributed by atoms with Crippen molar-refractivity contribution in [3.8, 4) is 12.3 Å². The van der Waals surface area contributed by atoms with E-state index in [2.05, 4.69) is 11.3 Å². The maximum absolute atomic E-state index is 5.19. The number of hydrogen-bond donors (Lipinski definition) is 2. The third-order valence-electron chi connectivity index (χ3n) is 1.42. The third-order valence-corrected chi connectivity index (χ3v) is 1.42. The van der Waals surface area contributed by atoms with Gasteiger partial charge in [-0.1, -0.05) is 5.92 Å². The Hall–Kier alpha value is -1.24. The standard InChI is InChI=1S/C8H10N2O/c1-3-8(10-9)7-4-6(2)11-5-7/h1,4-5,8,10H,9H2,2H3. The molecule has 0 aliphatic rings. The van der Waals surface area contributed by atoms with Crippen LogP contribution in [0.25, 0.3) is 0 Å². The van der Waals surface area contributed by atoms with Crippen molar-refractivity contribution in [2.75, 3.05) is 0 Å². The Bertz CT molecular complexity index is 272. The second-order valence-electron chi connectivity index (χ2n) is 2.26. The zero-order valence-electron chi connectivity index (χ0n) is 6.29. The maximum Gasteiger partial charge on any atom is 0.110 e. The van der Waals surface area contributed by atoms with Crippen molar-refractivity contribution >= 4 is 0 Å². The van der Waals surface area contributed by atoms with E-state index in [-0.39, 0.29) is 6.04 Å². The molecule has 0 saturated heterocycles. The van der Waals surface area contributed by atoms with Crippen LogP contribution in [0.1, 0.15) is 17.4 Å². The lowest BCUT2D eigenvalue weighted by Crippen LogP contribution is -2.26. The lowest BCUT2D eigenvalue weighted by atomic mass is 10.2. The molecule has 1 atom stereocenters. The molecule has 1 aromatic rings. The molecule has 0 radical (unpaired) electrons. The average molecular weight is 150 g/mol. The number of terminal acetylenes is 1. The van der Waals surface area contributed by atoms with Gasteiger partial charge in [0.1, 0.15) is 11.8 Å². The lowest BCUT2D eigenvalue weighted by molar-refractivity contribution is 0.528. The lowest BCUT2D eigenvalue weighted by Gasteiger charge is -2.03. The molecule has 0 saturated carbocycles. The summed E-state index contributed by atoms with van der Waals surface area (Å²) in [6, 6.07) is 1.59. The number of nitrogens with one attached hydrogen (secondary N) is 1. The predicted octanol–water partition coefficient (Wildman–Crippen LogP) is 0.726. The normalized spacial score (nSPS) is 12.5. The molecule has 0 aliphatic heterocycles. The van der Waals surface area contributed by atoms with Crippen LogP contribution in [0, 0.1) is 19.3 Å². The summed E-state index contributed by atoms with van der Waals surface area (Å²) in [6.07, 6.45) is 6.79. The second-order valence-corrected chi connectivity index (χ2v) is 2.26. The number of hydrogen-bond acceptors (Lipinski definition) is 3. The minimum absolute atomic E-state index is 0.257. The van der Waals surface area contributed by atoms with E-state index < -0.39 is 0 Å². The number of rotatable bonds is 2. The van der Waals surface area contributed by atoms with Gasteiger partial charge in [0.05, 0.1) is 6.26 Å². The minimum Gasteiger partial charge on any atom is -0.469 e. The zero-order chi connectivity index (χ0) is 8.27. The molecule has 1 rings (SSSR count). The predicted molar refractivity (Wildman–Crippen MR) is 42.3 cm³/mol. The summed E-state index contributed by atoms with van der Waals surface area (Å²) in [5.74, 6) is 8.50. The fraction of sp³-hybridized carbons (Fsp3) is 0.250. The topological polar surface area (TPSA) is 51.2 Å².